The summed E-state index contributed by atoms with van der Waals surface area (Å²) < 4.78 is 0. The number of allylic oxidation sites excluding steroid dienone is 1. The Balaban J connectivity index is 1.86. The van der Waals surface area contributed by atoms with Gasteiger partial charge in [-0.15, -0.1) is 10.2 Å². The molecule has 4 heteroatoms. The second-order valence-electron chi connectivity index (χ2n) is 9.38. The molecule has 0 N–H and O–H groups in total. The van der Waals surface area contributed by atoms with Crippen LogP contribution in [-0.2, 0) is 0 Å². The van der Waals surface area contributed by atoms with E-state index in [1.165, 1.54) is 64.5 Å². The third kappa shape index (κ3) is 9.80. The number of hydrogen-bond donors (Lipinski definition) is 0. The zero-order valence-corrected chi connectivity index (χ0v) is 19.7. The molecule has 0 radical (unpaired) electrons. The van der Waals surface area contributed by atoms with Gasteiger partial charge in [0.15, 0.2) is 0 Å². The lowest BCUT2D eigenvalue weighted by atomic mass is 10.0. The van der Waals surface area contributed by atoms with E-state index in [4.69, 9.17) is 0 Å². The fraction of sp³-hybridized carbons (Fsp3) is 0.654. The van der Waals surface area contributed by atoms with E-state index in [2.05, 4.69) is 66.2 Å². The number of benzene rings is 1. The van der Waals surface area contributed by atoms with Crippen LogP contribution in [0.25, 0.3) is 0 Å². The first kappa shape index (κ1) is 24.5. The highest BCUT2D eigenvalue weighted by Gasteiger charge is 2.15. The molecule has 0 aliphatic carbocycles. The van der Waals surface area contributed by atoms with Gasteiger partial charge in [-0.1, -0.05) is 96.6 Å². The molecule has 0 bridgehead atoms. The second-order valence-corrected chi connectivity index (χ2v) is 9.38. The fourth-order valence-electron chi connectivity index (χ4n) is 3.79. The minimum atomic E-state index is 0.815. The summed E-state index contributed by atoms with van der Waals surface area (Å²) in [5, 5.41) is 12.5. The van der Waals surface area contributed by atoms with Crippen molar-refractivity contribution in [1.82, 2.24) is 4.90 Å². The lowest BCUT2D eigenvalue weighted by Gasteiger charge is -2.21. The Morgan fingerprint density at radius 2 is 1.40 bits per heavy atom. The highest BCUT2D eigenvalue weighted by atomic mass is 15.4. The van der Waals surface area contributed by atoms with E-state index in [-0.39, 0.29) is 0 Å². The van der Waals surface area contributed by atoms with Crippen molar-refractivity contribution in [1.29, 1.82) is 0 Å². The van der Waals surface area contributed by atoms with Crippen molar-refractivity contribution >= 4 is 5.71 Å². The first-order valence-corrected chi connectivity index (χ1v) is 12.0. The molecule has 1 aliphatic rings. The maximum Gasteiger partial charge on any atom is 0.122 e. The van der Waals surface area contributed by atoms with Gasteiger partial charge >= 0.3 is 0 Å². The molecular formula is C26H42N4. The summed E-state index contributed by atoms with van der Waals surface area (Å²) >= 11 is 0. The van der Waals surface area contributed by atoms with Crippen LogP contribution in [-0.4, -0.2) is 30.2 Å². The smallest absolute Gasteiger partial charge is 0.122 e. The van der Waals surface area contributed by atoms with Gasteiger partial charge in [-0.05, 0) is 49.1 Å². The summed E-state index contributed by atoms with van der Waals surface area (Å²) in [6.45, 7) is 12.5. The second kappa shape index (κ2) is 14.2. The molecule has 1 aromatic carbocycles. The molecule has 1 aromatic rings. The third-order valence-corrected chi connectivity index (χ3v) is 5.64. The van der Waals surface area contributed by atoms with Crippen LogP contribution >= 0.6 is 0 Å². The van der Waals surface area contributed by atoms with Gasteiger partial charge in [0, 0.05) is 12.1 Å². The van der Waals surface area contributed by atoms with Gasteiger partial charge in [-0.2, -0.15) is 0 Å². The monoisotopic (exact) mass is 410 g/mol. The molecule has 2 rings (SSSR count). The molecule has 30 heavy (non-hydrogen) atoms. The van der Waals surface area contributed by atoms with Gasteiger partial charge in [0.05, 0.1) is 0 Å². The Kier molecular flexibility index (Phi) is 11.6. The van der Waals surface area contributed by atoms with Crippen LogP contribution < -0.4 is 0 Å². The van der Waals surface area contributed by atoms with Gasteiger partial charge in [0.25, 0.3) is 0 Å². The largest absolute Gasteiger partial charge is 0.300 e. The normalized spacial score (nSPS) is 15.2. The molecular weight excluding hydrogens is 368 g/mol. The molecule has 0 aromatic heterocycles. The Morgan fingerprint density at radius 1 is 0.800 bits per heavy atom. The van der Waals surface area contributed by atoms with Crippen LogP contribution in [0.15, 0.2) is 57.5 Å². The van der Waals surface area contributed by atoms with Crippen LogP contribution in [0.3, 0.4) is 0 Å². The summed E-state index contributed by atoms with van der Waals surface area (Å²) in [5.74, 6) is 1.63. The lowest BCUT2D eigenvalue weighted by molar-refractivity contribution is 0.284. The van der Waals surface area contributed by atoms with Gasteiger partial charge in [-0.3, -0.25) is 4.90 Å². The molecule has 0 amide bonds. The first-order valence-electron chi connectivity index (χ1n) is 12.0. The van der Waals surface area contributed by atoms with E-state index in [1.807, 2.05) is 18.2 Å². The van der Waals surface area contributed by atoms with Gasteiger partial charge in [-0.25, -0.2) is 0 Å². The van der Waals surface area contributed by atoms with E-state index >= 15 is 0 Å². The fourth-order valence-corrected chi connectivity index (χ4v) is 3.79. The average Bonchev–Trinajstić information content (AvgIpc) is 3.19. The Morgan fingerprint density at radius 3 is 1.97 bits per heavy atom. The van der Waals surface area contributed by atoms with Crippen molar-refractivity contribution < 1.29 is 0 Å². The quantitative estimate of drug-likeness (QED) is 0.276. The topological polar surface area (TPSA) is 40.3 Å². The van der Waals surface area contributed by atoms with Crippen molar-refractivity contribution in [2.45, 2.75) is 79.1 Å². The minimum Gasteiger partial charge on any atom is -0.300 e. The molecule has 0 fully saturated rings. The Labute approximate surface area is 184 Å². The van der Waals surface area contributed by atoms with Crippen LogP contribution in [0.5, 0.6) is 0 Å². The van der Waals surface area contributed by atoms with Crippen molar-refractivity contribution in [3.63, 3.8) is 0 Å². The molecule has 0 atom stereocenters. The maximum atomic E-state index is 4.28. The molecule has 4 nitrogen and oxygen atoms in total. The standard InChI is InChI=1S/C26H42N4/c1-22(2)14-8-6-12-19-30(20-13-7-9-15-23(3)4)21-18-25-26(28-29-27-25)24-16-10-5-11-17-24/h5,10-11,16-18,22-23H,6-9,12-15,19-21H2,1-4H3. The van der Waals surface area contributed by atoms with E-state index in [9.17, 15) is 0 Å². The zero-order chi connectivity index (χ0) is 21.6. The van der Waals surface area contributed by atoms with Crippen molar-refractivity contribution in [3.05, 3.63) is 47.7 Å². The van der Waals surface area contributed by atoms with Crippen LogP contribution in [0.1, 0.15) is 84.6 Å². The number of hydrogen-bond acceptors (Lipinski definition) is 4. The molecule has 0 spiro atoms. The van der Waals surface area contributed by atoms with Gasteiger partial charge < -0.3 is 0 Å². The summed E-state index contributed by atoms with van der Waals surface area (Å²) in [4.78, 5) is 2.59. The zero-order valence-electron chi connectivity index (χ0n) is 19.7. The summed E-state index contributed by atoms with van der Waals surface area (Å²) in [6, 6.07) is 10.2. The van der Waals surface area contributed by atoms with Crippen LogP contribution in [0.4, 0.5) is 0 Å². The highest BCUT2D eigenvalue weighted by molar-refractivity contribution is 6.12. The number of unbranched alkanes of at least 4 members (excludes halogenated alkanes) is 4. The molecule has 166 valence electrons. The van der Waals surface area contributed by atoms with Gasteiger partial charge in [0.1, 0.15) is 11.4 Å². The summed E-state index contributed by atoms with van der Waals surface area (Å²) in [6.07, 6.45) is 12.8. The average molecular weight is 411 g/mol. The summed E-state index contributed by atoms with van der Waals surface area (Å²) in [7, 11) is 0. The van der Waals surface area contributed by atoms with E-state index in [0.717, 1.165) is 35.4 Å². The van der Waals surface area contributed by atoms with Crippen LogP contribution in [0, 0.1) is 11.8 Å². The van der Waals surface area contributed by atoms with E-state index in [0.29, 0.717) is 0 Å². The summed E-state index contributed by atoms with van der Waals surface area (Å²) in [5.41, 5.74) is 2.89. The maximum absolute atomic E-state index is 4.28. The molecule has 1 aliphatic heterocycles. The van der Waals surface area contributed by atoms with Crippen molar-refractivity contribution in [2.75, 3.05) is 19.6 Å². The Bertz CT molecular complexity index is 656. The van der Waals surface area contributed by atoms with Gasteiger partial charge in [0.2, 0.25) is 0 Å². The molecule has 0 saturated carbocycles. The van der Waals surface area contributed by atoms with E-state index < -0.39 is 0 Å². The predicted molar refractivity (Wildman–Crippen MR) is 129 cm³/mol. The van der Waals surface area contributed by atoms with Crippen molar-refractivity contribution in [2.24, 2.45) is 27.3 Å². The van der Waals surface area contributed by atoms with E-state index in [1.54, 1.807) is 0 Å². The SMILES string of the molecule is CC(C)CCCCCN(CC=C1N=NN=C1c1ccccc1)CCCCCC(C)C. The third-order valence-electron chi connectivity index (χ3n) is 5.64. The predicted octanol–water partition coefficient (Wildman–Crippen LogP) is 7.48. The number of rotatable bonds is 15. The lowest BCUT2D eigenvalue weighted by Crippen LogP contribution is -2.27. The number of nitrogens with zero attached hydrogens (tertiary/aromatic N) is 4. The first-order chi connectivity index (χ1) is 14.6. The Hall–Kier alpha value is -1.81. The molecule has 1 heterocycles. The van der Waals surface area contributed by atoms with Crippen molar-refractivity contribution in [3.8, 4) is 0 Å². The van der Waals surface area contributed by atoms with Crippen LogP contribution in [0.2, 0.25) is 0 Å². The molecule has 0 unspecified atom stereocenters. The highest BCUT2D eigenvalue weighted by Crippen LogP contribution is 2.18. The molecule has 0 saturated heterocycles. The minimum absolute atomic E-state index is 0.815.